The highest BCUT2D eigenvalue weighted by atomic mass is 16.5. The molecule has 0 radical (unpaired) electrons. The number of fused-ring (bicyclic) bond motifs is 3. The van der Waals surface area contributed by atoms with Gasteiger partial charge in [0.1, 0.15) is 12.4 Å². The molecule has 1 fully saturated rings. The summed E-state index contributed by atoms with van der Waals surface area (Å²) in [5.74, 6) is 1.57. The number of nitrogens with zero attached hydrogens (tertiary/aromatic N) is 6. The highest BCUT2D eigenvalue weighted by Crippen LogP contribution is 2.41. The molecule has 186 valence electrons. The van der Waals surface area contributed by atoms with Crippen LogP contribution in [0.4, 0.5) is 10.5 Å². The van der Waals surface area contributed by atoms with Crippen molar-refractivity contribution in [1.29, 1.82) is 0 Å². The number of ether oxygens (including phenoxy) is 1. The van der Waals surface area contributed by atoms with Gasteiger partial charge in [0.15, 0.2) is 0 Å². The summed E-state index contributed by atoms with van der Waals surface area (Å²) in [5.41, 5.74) is 6.68. The van der Waals surface area contributed by atoms with E-state index < -0.39 is 0 Å². The largest absolute Gasteiger partial charge is 0.452 e. The van der Waals surface area contributed by atoms with Gasteiger partial charge in [-0.05, 0) is 68.4 Å². The molecule has 0 saturated heterocycles. The summed E-state index contributed by atoms with van der Waals surface area (Å²) in [5, 5.41) is 12.2. The van der Waals surface area contributed by atoms with Gasteiger partial charge < -0.3 is 9.30 Å². The van der Waals surface area contributed by atoms with E-state index in [4.69, 9.17) is 9.72 Å². The summed E-state index contributed by atoms with van der Waals surface area (Å²) in [6.07, 6.45) is 6.63. The third kappa shape index (κ3) is 3.98. The minimum absolute atomic E-state index is 0.0977. The summed E-state index contributed by atoms with van der Waals surface area (Å²) in [6, 6.07) is 15.3. The number of hydrogen-bond acceptors (Lipinski definition) is 6. The van der Waals surface area contributed by atoms with Crippen molar-refractivity contribution in [3.8, 4) is 0 Å². The lowest BCUT2D eigenvalue weighted by atomic mass is 9.82. The number of hydrogen-bond donors (Lipinski definition) is 0. The molecule has 1 atom stereocenters. The highest BCUT2D eigenvalue weighted by molar-refractivity contribution is 5.95. The lowest BCUT2D eigenvalue weighted by Gasteiger charge is -2.34. The van der Waals surface area contributed by atoms with E-state index in [2.05, 4.69) is 69.4 Å². The van der Waals surface area contributed by atoms with Crippen molar-refractivity contribution in [1.82, 2.24) is 9.55 Å². The second-order valence-electron chi connectivity index (χ2n) is 10.2. The molecule has 3 heterocycles. The number of carbonyl (C=O) groups excluding carboxylic acids is 1. The number of rotatable bonds is 4. The molecule has 36 heavy (non-hydrogen) atoms. The molecule has 0 bridgehead atoms. The van der Waals surface area contributed by atoms with E-state index in [1.807, 2.05) is 0 Å². The molecule has 0 spiro atoms. The maximum absolute atomic E-state index is 12.6. The quantitative estimate of drug-likeness (QED) is 0.449. The monoisotopic (exact) mass is 484 g/mol. The predicted molar refractivity (Wildman–Crippen MR) is 140 cm³/mol. The molecule has 1 aromatic heterocycles. The van der Waals surface area contributed by atoms with Crippen LogP contribution in [0.15, 0.2) is 57.9 Å². The van der Waals surface area contributed by atoms with Crippen molar-refractivity contribution < 1.29 is 9.53 Å². The van der Waals surface area contributed by atoms with E-state index in [9.17, 15) is 4.79 Å². The van der Waals surface area contributed by atoms with Gasteiger partial charge in [-0.1, -0.05) is 30.3 Å². The Bertz CT molecular complexity index is 1340. The third-order valence-corrected chi connectivity index (χ3v) is 8.11. The average molecular weight is 485 g/mol. The van der Waals surface area contributed by atoms with E-state index >= 15 is 0 Å². The first-order chi connectivity index (χ1) is 17.6. The van der Waals surface area contributed by atoms with E-state index in [0.717, 1.165) is 73.2 Å². The fourth-order valence-electron chi connectivity index (χ4n) is 6.24. The number of imidazole rings is 1. The molecule has 1 amide bonds. The first-order valence-corrected chi connectivity index (χ1v) is 13.0. The van der Waals surface area contributed by atoms with Gasteiger partial charge in [-0.3, -0.25) is 4.90 Å². The molecule has 0 N–H and O–H groups in total. The van der Waals surface area contributed by atoms with Crippen LogP contribution in [0, 0.1) is 5.92 Å². The zero-order valence-corrected chi connectivity index (χ0v) is 20.9. The number of aryl methyl sites for hydroxylation is 1. The van der Waals surface area contributed by atoms with Crippen molar-refractivity contribution >= 4 is 28.5 Å². The fourth-order valence-corrected chi connectivity index (χ4v) is 6.24. The summed E-state index contributed by atoms with van der Waals surface area (Å²) < 4.78 is 7.61. The van der Waals surface area contributed by atoms with Crippen molar-refractivity contribution in [3.63, 3.8) is 0 Å². The van der Waals surface area contributed by atoms with E-state index in [-0.39, 0.29) is 12.1 Å². The average Bonchev–Trinajstić information content (AvgIpc) is 3.57. The standard InChI is InChI=1S/C28H32N6O2/c1-18-8-13-22-24(33(18)28(35)36-2)14-15-25-27(22)30-26(16-19-6-4-3-5-7-19)34(25)21-11-9-20(10-12-21)23-17-29-32-31-23/h3-7,14-15,18,20-21H,8-13,16-17H2,1-2H3/t18-,20?,21?/m0/s1. The van der Waals surface area contributed by atoms with E-state index in [0.29, 0.717) is 18.5 Å². The Morgan fingerprint density at radius 1 is 1.06 bits per heavy atom. The number of amides is 1. The van der Waals surface area contributed by atoms with Crippen LogP contribution in [0.25, 0.3) is 11.0 Å². The van der Waals surface area contributed by atoms with E-state index in [1.165, 1.54) is 18.2 Å². The SMILES string of the molecule is COC(=O)N1c2ccc3c(nc(Cc4ccccc4)n3C3CCC(C4=NN=NC4)CC3)c2CC[C@@H]1C. The predicted octanol–water partition coefficient (Wildman–Crippen LogP) is 6.09. The van der Waals surface area contributed by atoms with Crippen LogP contribution in [-0.4, -0.2) is 41.1 Å². The summed E-state index contributed by atoms with van der Waals surface area (Å²) in [7, 11) is 1.45. The van der Waals surface area contributed by atoms with Crippen LogP contribution >= 0.6 is 0 Å². The molecule has 0 unspecified atom stereocenters. The van der Waals surface area contributed by atoms with Crippen molar-refractivity contribution in [2.45, 2.75) is 64.0 Å². The molecule has 3 aliphatic rings. The lowest BCUT2D eigenvalue weighted by Crippen LogP contribution is -2.42. The minimum Gasteiger partial charge on any atom is -0.452 e. The molecule has 2 aromatic carbocycles. The first-order valence-electron chi connectivity index (χ1n) is 13.0. The summed E-state index contributed by atoms with van der Waals surface area (Å²) in [4.78, 5) is 19.7. The molecule has 8 nitrogen and oxygen atoms in total. The second kappa shape index (κ2) is 9.48. The molecular weight excluding hydrogens is 452 g/mol. The van der Waals surface area contributed by atoms with Crippen LogP contribution in [0.2, 0.25) is 0 Å². The number of methoxy groups -OCH3 is 1. The van der Waals surface area contributed by atoms with Crippen molar-refractivity contribution in [2.75, 3.05) is 18.6 Å². The molecule has 3 aromatic rings. The molecular formula is C28H32N6O2. The van der Waals surface area contributed by atoms with Crippen LogP contribution in [0.3, 0.4) is 0 Å². The summed E-state index contributed by atoms with van der Waals surface area (Å²) >= 11 is 0. The lowest BCUT2D eigenvalue weighted by molar-refractivity contribution is 0.175. The normalized spacial score (nSPS) is 23.6. The minimum atomic E-state index is -0.307. The number of benzene rings is 2. The third-order valence-electron chi connectivity index (χ3n) is 8.11. The zero-order chi connectivity index (χ0) is 24.6. The Balaban J connectivity index is 1.41. The van der Waals surface area contributed by atoms with Gasteiger partial charge in [-0.2, -0.15) is 5.11 Å². The summed E-state index contributed by atoms with van der Waals surface area (Å²) in [6.45, 7) is 2.74. The molecule has 1 saturated carbocycles. The van der Waals surface area contributed by atoms with Crippen LogP contribution in [0.1, 0.15) is 62.0 Å². The maximum atomic E-state index is 12.6. The Morgan fingerprint density at radius 3 is 2.58 bits per heavy atom. The smallest absolute Gasteiger partial charge is 0.414 e. The van der Waals surface area contributed by atoms with Gasteiger partial charge in [-0.25, -0.2) is 9.78 Å². The van der Waals surface area contributed by atoms with Crippen LogP contribution in [-0.2, 0) is 17.6 Å². The Morgan fingerprint density at radius 2 is 1.86 bits per heavy atom. The van der Waals surface area contributed by atoms with Crippen molar-refractivity contribution in [3.05, 3.63) is 59.4 Å². The van der Waals surface area contributed by atoms with Gasteiger partial charge in [-0.15, -0.1) is 5.10 Å². The molecule has 2 aliphatic heterocycles. The van der Waals surface area contributed by atoms with Crippen LogP contribution < -0.4 is 4.90 Å². The zero-order valence-electron chi connectivity index (χ0n) is 20.9. The number of aromatic nitrogens is 2. The van der Waals surface area contributed by atoms with E-state index in [1.54, 1.807) is 4.90 Å². The van der Waals surface area contributed by atoms with Gasteiger partial charge in [0.25, 0.3) is 0 Å². The number of anilines is 1. The first kappa shape index (κ1) is 22.9. The molecule has 1 aliphatic carbocycles. The topological polar surface area (TPSA) is 84.4 Å². The van der Waals surface area contributed by atoms with Gasteiger partial charge in [0, 0.05) is 30.0 Å². The fraction of sp³-hybridized carbons (Fsp3) is 0.464. The Hall–Kier alpha value is -3.55. The van der Waals surface area contributed by atoms with Gasteiger partial charge in [0.05, 0.1) is 29.5 Å². The number of carbonyl (C=O) groups is 1. The highest BCUT2D eigenvalue weighted by Gasteiger charge is 2.33. The molecule has 8 heteroatoms. The Labute approximate surface area is 211 Å². The van der Waals surface area contributed by atoms with Crippen molar-refractivity contribution in [2.24, 2.45) is 21.4 Å². The van der Waals surface area contributed by atoms with Gasteiger partial charge in [0.2, 0.25) is 0 Å². The molecule has 6 rings (SSSR count). The second-order valence-corrected chi connectivity index (χ2v) is 10.2. The van der Waals surface area contributed by atoms with Crippen LogP contribution in [0.5, 0.6) is 0 Å². The van der Waals surface area contributed by atoms with Gasteiger partial charge >= 0.3 is 6.09 Å². The Kier molecular flexibility index (Phi) is 6.03. The maximum Gasteiger partial charge on any atom is 0.414 e.